The lowest BCUT2D eigenvalue weighted by Crippen LogP contribution is -2.38. The Morgan fingerprint density at radius 1 is 1.52 bits per heavy atom. The number of benzene rings is 1. The van der Waals surface area contributed by atoms with Gasteiger partial charge in [0.25, 0.3) is 5.91 Å². The summed E-state index contributed by atoms with van der Waals surface area (Å²) in [6, 6.07) is 5.62. The van der Waals surface area contributed by atoms with Crippen LogP contribution in [-0.4, -0.2) is 41.7 Å². The van der Waals surface area contributed by atoms with Crippen LogP contribution in [0.5, 0.6) is 5.75 Å². The highest BCUT2D eigenvalue weighted by molar-refractivity contribution is 6.30. The molecule has 1 heterocycles. The van der Waals surface area contributed by atoms with Crippen molar-refractivity contribution in [2.24, 2.45) is 0 Å². The van der Waals surface area contributed by atoms with Crippen LogP contribution in [0.4, 0.5) is 0 Å². The quantitative estimate of drug-likeness (QED) is 0.879. The van der Waals surface area contributed by atoms with E-state index in [0.29, 0.717) is 10.8 Å². The lowest BCUT2D eigenvalue weighted by atomic mass is 10.1. The molecule has 1 aliphatic rings. The fraction of sp³-hybridized carbons (Fsp3) is 0.562. The summed E-state index contributed by atoms with van der Waals surface area (Å²) in [5.41, 5.74) is 0.925. The average molecular weight is 312 g/mol. The number of carbonyl (C=O) groups is 1. The zero-order chi connectivity index (χ0) is 15.2. The summed E-state index contributed by atoms with van der Waals surface area (Å²) >= 11 is 5.90. The first kappa shape index (κ1) is 16.1. The molecule has 1 fully saturated rings. The Balaban J connectivity index is 1.88. The van der Waals surface area contributed by atoms with Crippen LogP contribution in [-0.2, 0) is 4.79 Å². The second-order valence-electron chi connectivity index (χ2n) is 5.45. The number of nitrogens with zero attached hydrogens (tertiary/aromatic N) is 1. The van der Waals surface area contributed by atoms with Crippen molar-refractivity contribution in [3.8, 4) is 5.75 Å². The first-order valence-corrected chi connectivity index (χ1v) is 7.79. The van der Waals surface area contributed by atoms with Crippen molar-refractivity contribution in [2.45, 2.75) is 38.6 Å². The molecule has 2 rings (SSSR count). The van der Waals surface area contributed by atoms with E-state index in [1.807, 2.05) is 17.9 Å². The van der Waals surface area contributed by atoms with Gasteiger partial charge in [-0.1, -0.05) is 11.6 Å². The average Bonchev–Trinajstić information content (AvgIpc) is 2.92. The smallest absolute Gasteiger partial charge is 0.260 e. The Hall–Kier alpha value is -1.26. The lowest BCUT2D eigenvalue weighted by Gasteiger charge is -2.24. The lowest BCUT2D eigenvalue weighted by molar-refractivity contribution is -0.134. The zero-order valence-corrected chi connectivity index (χ0v) is 13.1. The third-order valence-corrected chi connectivity index (χ3v) is 4.12. The molecule has 4 nitrogen and oxygen atoms in total. The van der Waals surface area contributed by atoms with Crippen molar-refractivity contribution in [1.82, 2.24) is 4.90 Å². The molecule has 116 valence electrons. The van der Waals surface area contributed by atoms with Crippen molar-refractivity contribution >= 4 is 17.5 Å². The normalized spacial score (nSPS) is 18.0. The fourth-order valence-corrected chi connectivity index (χ4v) is 3.01. The van der Waals surface area contributed by atoms with Crippen LogP contribution in [0.2, 0.25) is 5.02 Å². The molecule has 0 aromatic heterocycles. The maximum Gasteiger partial charge on any atom is 0.260 e. The first-order chi connectivity index (χ1) is 10.1. The topological polar surface area (TPSA) is 49.8 Å². The molecular formula is C16H22ClNO3. The minimum atomic E-state index is 0.0183. The van der Waals surface area contributed by atoms with Crippen molar-refractivity contribution in [3.63, 3.8) is 0 Å². The summed E-state index contributed by atoms with van der Waals surface area (Å²) < 4.78 is 5.62. The summed E-state index contributed by atoms with van der Waals surface area (Å²) in [5, 5.41) is 9.58. The van der Waals surface area contributed by atoms with Gasteiger partial charge < -0.3 is 14.7 Å². The minimum Gasteiger partial charge on any atom is -0.483 e. The predicted octanol–water partition coefficient (Wildman–Crippen LogP) is 2.79. The SMILES string of the molecule is Cc1cc(Cl)ccc1OCC(=O)N1CCCC1CCCO. The highest BCUT2D eigenvalue weighted by Crippen LogP contribution is 2.24. The number of ether oxygens (including phenoxy) is 1. The molecule has 1 aromatic rings. The van der Waals surface area contributed by atoms with Gasteiger partial charge in [0.15, 0.2) is 6.61 Å². The van der Waals surface area contributed by atoms with Gasteiger partial charge in [0, 0.05) is 24.2 Å². The molecule has 1 unspecified atom stereocenters. The van der Waals surface area contributed by atoms with E-state index in [0.717, 1.165) is 37.8 Å². The Morgan fingerprint density at radius 2 is 2.33 bits per heavy atom. The van der Waals surface area contributed by atoms with Crippen LogP contribution in [0.1, 0.15) is 31.2 Å². The van der Waals surface area contributed by atoms with Crippen LogP contribution < -0.4 is 4.74 Å². The number of halogens is 1. The van der Waals surface area contributed by atoms with Crippen LogP contribution in [0.15, 0.2) is 18.2 Å². The first-order valence-electron chi connectivity index (χ1n) is 7.41. The van der Waals surface area contributed by atoms with Gasteiger partial charge in [0.05, 0.1) is 0 Å². The van der Waals surface area contributed by atoms with E-state index in [9.17, 15) is 4.79 Å². The van der Waals surface area contributed by atoms with E-state index in [-0.39, 0.29) is 25.2 Å². The predicted molar refractivity (Wildman–Crippen MR) is 82.7 cm³/mol. The molecule has 21 heavy (non-hydrogen) atoms. The van der Waals surface area contributed by atoms with Gasteiger partial charge in [-0.15, -0.1) is 0 Å². The summed E-state index contributed by atoms with van der Waals surface area (Å²) in [7, 11) is 0. The monoisotopic (exact) mass is 311 g/mol. The van der Waals surface area contributed by atoms with Crippen LogP contribution in [0.3, 0.4) is 0 Å². The van der Waals surface area contributed by atoms with Crippen molar-refractivity contribution in [2.75, 3.05) is 19.8 Å². The van der Waals surface area contributed by atoms with Gasteiger partial charge in [-0.3, -0.25) is 4.79 Å². The number of aliphatic hydroxyl groups excluding tert-OH is 1. The number of likely N-dealkylation sites (tertiary alicyclic amines) is 1. The molecular weight excluding hydrogens is 290 g/mol. The van der Waals surface area contributed by atoms with Gasteiger partial charge in [-0.05, 0) is 56.4 Å². The summed E-state index contributed by atoms with van der Waals surface area (Å²) in [6.45, 7) is 2.93. The highest BCUT2D eigenvalue weighted by atomic mass is 35.5. The maximum atomic E-state index is 12.3. The van der Waals surface area contributed by atoms with E-state index < -0.39 is 0 Å². The maximum absolute atomic E-state index is 12.3. The van der Waals surface area contributed by atoms with Crippen molar-refractivity contribution in [1.29, 1.82) is 0 Å². The molecule has 1 saturated heterocycles. The number of rotatable bonds is 6. The Labute approximate surface area is 130 Å². The molecule has 0 spiro atoms. The van der Waals surface area contributed by atoms with E-state index in [4.69, 9.17) is 21.4 Å². The molecule has 1 aliphatic heterocycles. The molecule has 0 radical (unpaired) electrons. The number of hydrogen-bond acceptors (Lipinski definition) is 3. The van der Waals surface area contributed by atoms with Gasteiger partial charge in [-0.2, -0.15) is 0 Å². The van der Waals surface area contributed by atoms with Gasteiger partial charge in [0.1, 0.15) is 5.75 Å². The summed E-state index contributed by atoms with van der Waals surface area (Å²) in [5.74, 6) is 0.712. The molecule has 5 heteroatoms. The second-order valence-corrected chi connectivity index (χ2v) is 5.88. The molecule has 1 amide bonds. The fourth-order valence-electron chi connectivity index (χ4n) is 2.79. The number of aliphatic hydroxyl groups is 1. The third-order valence-electron chi connectivity index (χ3n) is 3.88. The van der Waals surface area contributed by atoms with E-state index in [2.05, 4.69) is 0 Å². The molecule has 1 N–H and O–H groups in total. The van der Waals surface area contributed by atoms with Crippen LogP contribution >= 0.6 is 11.6 Å². The summed E-state index contributed by atoms with van der Waals surface area (Å²) in [6.07, 6.45) is 3.65. The van der Waals surface area contributed by atoms with Gasteiger partial charge >= 0.3 is 0 Å². The van der Waals surface area contributed by atoms with Crippen molar-refractivity contribution in [3.05, 3.63) is 28.8 Å². The highest BCUT2D eigenvalue weighted by Gasteiger charge is 2.28. The van der Waals surface area contributed by atoms with Crippen LogP contribution in [0, 0.1) is 6.92 Å². The molecule has 0 bridgehead atoms. The molecule has 1 atom stereocenters. The number of hydrogen-bond donors (Lipinski definition) is 1. The minimum absolute atomic E-state index is 0.0183. The third kappa shape index (κ3) is 4.35. The molecule has 0 aliphatic carbocycles. The number of carbonyl (C=O) groups excluding carboxylic acids is 1. The van der Waals surface area contributed by atoms with E-state index in [1.54, 1.807) is 12.1 Å². The van der Waals surface area contributed by atoms with Crippen molar-refractivity contribution < 1.29 is 14.6 Å². The Kier molecular flexibility index (Phi) is 5.88. The van der Waals surface area contributed by atoms with E-state index >= 15 is 0 Å². The second kappa shape index (κ2) is 7.66. The molecule has 0 saturated carbocycles. The van der Waals surface area contributed by atoms with Crippen LogP contribution in [0.25, 0.3) is 0 Å². The number of aryl methyl sites for hydroxylation is 1. The van der Waals surface area contributed by atoms with E-state index in [1.165, 1.54) is 0 Å². The summed E-state index contributed by atoms with van der Waals surface area (Å²) in [4.78, 5) is 14.2. The largest absolute Gasteiger partial charge is 0.483 e. The van der Waals surface area contributed by atoms with Gasteiger partial charge in [0.2, 0.25) is 0 Å². The standard InChI is InChI=1S/C16H22ClNO3/c1-12-10-13(17)6-7-15(12)21-11-16(20)18-8-2-4-14(18)5-3-9-19/h6-7,10,14,19H,2-5,8-9,11H2,1H3. The van der Waals surface area contributed by atoms with Gasteiger partial charge in [-0.25, -0.2) is 0 Å². The zero-order valence-electron chi connectivity index (χ0n) is 12.3. The Bertz CT molecular complexity index is 492. The number of amides is 1. The Morgan fingerprint density at radius 3 is 3.05 bits per heavy atom. The molecule has 1 aromatic carbocycles.